The quantitative estimate of drug-likeness (QED) is 0.660. The molecule has 0 aliphatic carbocycles. The molecule has 0 unspecified atom stereocenters. The van der Waals surface area contributed by atoms with Crippen LogP contribution in [0.15, 0.2) is 15.7 Å². The molecule has 0 aliphatic rings. The zero-order chi connectivity index (χ0) is 13.8. The number of aromatic amines is 2. The van der Waals surface area contributed by atoms with Crippen LogP contribution in [-0.4, -0.2) is 21.7 Å². The number of carbonyl (C=O) groups is 1. The fraction of sp³-hybridized carbons (Fsp3) is 0.500. The van der Waals surface area contributed by atoms with Crippen LogP contribution in [0, 0.1) is 0 Å². The van der Waals surface area contributed by atoms with Crippen molar-refractivity contribution >= 4 is 6.09 Å². The van der Waals surface area contributed by atoms with Crippen LogP contribution in [0.5, 0.6) is 0 Å². The third kappa shape index (κ3) is 5.30. The Morgan fingerprint density at radius 1 is 1.33 bits per heavy atom. The van der Waals surface area contributed by atoms with Crippen molar-refractivity contribution in [1.82, 2.24) is 15.4 Å². The summed E-state index contributed by atoms with van der Waals surface area (Å²) < 4.78 is 4.91. The van der Waals surface area contributed by atoms with E-state index in [2.05, 4.69) is 4.98 Å². The largest absolute Gasteiger partial charge is 0.442 e. The zero-order valence-electron chi connectivity index (χ0n) is 10.3. The van der Waals surface area contributed by atoms with Gasteiger partial charge in [-0.3, -0.25) is 14.6 Å². The number of hydrogen-bond donors (Lipinski definition) is 3. The number of hydrogen-bond acceptors (Lipinski definition) is 5. The van der Waals surface area contributed by atoms with Gasteiger partial charge >= 0.3 is 11.8 Å². The van der Waals surface area contributed by atoms with Crippen LogP contribution in [0.2, 0.25) is 0 Å². The van der Waals surface area contributed by atoms with Gasteiger partial charge in [-0.05, 0) is 20.8 Å². The van der Waals surface area contributed by atoms with Crippen LogP contribution in [-0.2, 0) is 16.2 Å². The maximum Gasteiger partial charge on any atom is 0.431 e. The first-order valence-corrected chi connectivity index (χ1v) is 5.19. The van der Waals surface area contributed by atoms with Crippen LogP contribution in [0.3, 0.4) is 0 Å². The van der Waals surface area contributed by atoms with Gasteiger partial charge in [-0.15, -0.1) is 0 Å². The predicted octanol–water partition coefficient (Wildman–Crippen LogP) is 0.0195. The molecule has 8 nitrogen and oxygen atoms in total. The van der Waals surface area contributed by atoms with Crippen LogP contribution < -0.4 is 16.7 Å². The first-order chi connectivity index (χ1) is 8.26. The Bertz CT molecular complexity index is 497. The van der Waals surface area contributed by atoms with E-state index < -0.39 is 22.9 Å². The van der Waals surface area contributed by atoms with Crippen LogP contribution in [0.1, 0.15) is 26.5 Å². The van der Waals surface area contributed by atoms with Gasteiger partial charge in [0.05, 0.1) is 5.69 Å². The van der Waals surface area contributed by atoms with E-state index in [9.17, 15) is 14.4 Å². The summed E-state index contributed by atoms with van der Waals surface area (Å²) >= 11 is 0. The van der Waals surface area contributed by atoms with Gasteiger partial charge in [0.2, 0.25) is 0 Å². The number of rotatable bonds is 3. The number of carbonyl (C=O) groups excluding carboxylic acids is 1. The van der Waals surface area contributed by atoms with Gasteiger partial charge in [0.1, 0.15) is 12.2 Å². The summed E-state index contributed by atoms with van der Waals surface area (Å²) in [7, 11) is 0. The third-order valence-electron chi connectivity index (χ3n) is 1.60. The summed E-state index contributed by atoms with van der Waals surface area (Å²) in [5, 5.41) is 0. The highest BCUT2D eigenvalue weighted by atomic mass is 16.7. The smallest absolute Gasteiger partial charge is 0.431 e. The van der Waals surface area contributed by atoms with E-state index in [1.165, 1.54) is 0 Å². The Labute approximate surface area is 102 Å². The Balaban J connectivity index is 2.45. The molecule has 0 aromatic carbocycles. The van der Waals surface area contributed by atoms with Crippen molar-refractivity contribution in [3.63, 3.8) is 0 Å². The molecule has 0 fully saturated rings. The van der Waals surface area contributed by atoms with E-state index in [0.29, 0.717) is 0 Å². The van der Waals surface area contributed by atoms with Gasteiger partial charge in [-0.25, -0.2) is 9.59 Å². The summed E-state index contributed by atoms with van der Waals surface area (Å²) in [6, 6.07) is 1.15. The maximum absolute atomic E-state index is 11.2. The summed E-state index contributed by atoms with van der Waals surface area (Å²) in [6.07, 6.45) is -0.755. The number of nitrogens with one attached hydrogen (secondary N) is 3. The van der Waals surface area contributed by atoms with Gasteiger partial charge in [0, 0.05) is 6.07 Å². The van der Waals surface area contributed by atoms with Crippen LogP contribution >= 0.6 is 0 Å². The van der Waals surface area contributed by atoms with Gasteiger partial charge in [-0.2, -0.15) is 5.48 Å². The lowest BCUT2D eigenvalue weighted by Gasteiger charge is -2.19. The molecular formula is C10H15N3O5. The number of hydroxylamine groups is 1. The average Bonchev–Trinajstić information content (AvgIpc) is 2.12. The SMILES string of the molecule is CC(C)(C)OC(=O)NOCc1cc(=O)[nH]c(=O)[nH]1. The van der Waals surface area contributed by atoms with Gasteiger partial charge < -0.3 is 9.72 Å². The highest BCUT2D eigenvalue weighted by molar-refractivity contribution is 5.66. The van der Waals surface area contributed by atoms with E-state index >= 15 is 0 Å². The summed E-state index contributed by atoms with van der Waals surface area (Å²) in [5.74, 6) is 0. The van der Waals surface area contributed by atoms with Gasteiger partial charge in [-0.1, -0.05) is 0 Å². The second kappa shape index (κ2) is 5.50. The van der Waals surface area contributed by atoms with E-state index in [0.717, 1.165) is 6.07 Å². The molecule has 100 valence electrons. The van der Waals surface area contributed by atoms with E-state index in [4.69, 9.17) is 9.57 Å². The van der Waals surface area contributed by atoms with E-state index in [-0.39, 0.29) is 12.3 Å². The number of ether oxygens (including phenoxy) is 1. The lowest BCUT2D eigenvalue weighted by Crippen LogP contribution is -2.33. The zero-order valence-corrected chi connectivity index (χ0v) is 10.3. The second-order valence-electron chi connectivity index (χ2n) is 4.51. The molecule has 1 heterocycles. The maximum atomic E-state index is 11.2. The van der Waals surface area contributed by atoms with Crippen molar-refractivity contribution < 1.29 is 14.4 Å². The molecule has 0 saturated heterocycles. The lowest BCUT2D eigenvalue weighted by molar-refractivity contribution is -0.0145. The summed E-state index contributed by atoms with van der Waals surface area (Å²) in [5.41, 5.74) is 0.447. The van der Waals surface area contributed by atoms with Crippen molar-refractivity contribution in [2.75, 3.05) is 0 Å². The second-order valence-corrected chi connectivity index (χ2v) is 4.51. The molecule has 1 amide bonds. The van der Waals surface area contributed by atoms with Crippen molar-refractivity contribution in [3.8, 4) is 0 Å². The van der Waals surface area contributed by atoms with Crippen LogP contribution in [0.4, 0.5) is 4.79 Å². The first-order valence-electron chi connectivity index (χ1n) is 5.19. The molecule has 0 bridgehead atoms. The number of H-pyrrole nitrogens is 2. The molecule has 8 heteroatoms. The monoisotopic (exact) mass is 257 g/mol. The molecule has 0 atom stereocenters. The predicted molar refractivity (Wildman–Crippen MR) is 61.8 cm³/mol. The van der Waals surface area contributed by atoms with Crippen LogP contribution in [0.25, 0.3) is 0 Å². The Kier molecular flexibility index (Phi) is 4.27. The van der Waals surface area contributed by atoms with E-state index in [1.54, 1.807) is 20.8 Å². The minimum atomic E-state index is -0.755. The van der Waals surface area contributed by atoms with Gasteiger partial charge in [0.15, 0.2) is 0 Å². The molecule has 0 spiro atoms. The fourth-order valence-corrected chi connectivity index (χ4v) is 1.07. The van der Waals surface area contributed by atoms with Crippen molar-refractivity contribution in [1.29, 1.82) is 0 Å². The molecule has 0 saturated carbocycles. The Morgan fingerprint density at radius 2 is 2.00 bits per heavy atom. The lowest BCUT2D eigenvalue weighted by atomic mass is 10.2. The molecule has 1 aromatic rings. The average molecular weight is 257 g/mol. The highest BCUT2D eigenvalue weighted by Crippen LogP contribution is 2.06. The molecule has 18 heavy (non-hydrogen) atoms. The molecule has 1 aromatic heterocycles. The molecule has 0 aliphatic heterocycles. The Hall–Kier alpha value is -2.09. The van der Waals surface area contributed by atoms with Crippen molar-refractivity contribution in [2.45, 2.75) is 33.0 Å². The molecule has 0 radical (unpaired) electrons. The van der Waals surface area contributed by atoms with Crippen molar-refractivity contribution in [2.24, 2.45) is 0 Å². The van der Waals surface area contributed by atoms with Crippen molar-refractivity contribution in [3.05, 3.63) is 32.6 Å². The minimum absolute atomic E-state index is 0.154. The normalized spacial score (nSPS) is 11.1. The highest BCUT2D eigenvalue weighted by Gasteiger charge is 2.15. The topological polar surface area (TPSA) is 113 Å². The Morgan fingerprint density at radius 3 is 2.56 bits per heavy atom. The minimum Gasteiger partial charge on any atom is -0.442 e. The number of amides is 1. The summed E-state index contributed by atoms with van der Waals surface area (Å²) in [4.78, 5) is 42.2. The summed E-state index contributed by atoms with van der Waals surface area (Å²) in [6.45, 7) is 4.97. The molecule has 1 rings (SSSR count). The molecule has 3 N–H and O–H groups in total. The molecular weight excluding hydrogens is 242 g/mol. The van der Waals surface area contributed by atoms with Gasteiger partial charge in [0.25, 0.3) is 5.56 Å². The number of aromatic nitrogens is 2. The fourth-order valence-electron chi connectivity index (χ4n) is 1.07. The standard InChI is InChI=1S/C10H15N3O5/c1-10(2,3)18-9(16)13-17-5-6-4-7(14)12-8(15)11-6/h4H,5H2,1-3H3,(H,13,16)(H2,11,12,14,15). The first kappa shape index (κ1) is 14.0. The van der Waals surface area contributed by atoms with E-state index in [1.807, 2.05) is 10.5 Å². The third-order valence-corrected chi connectivity index (χ3v) is 1.60.